The number of benzene rings is 1. The van der Waals surface area contributed by atoms with Crippen LogP contribution in [-0.4, -0.2) is 36.7 Å². The quantitative estimate of drug-likeness (QED) is 0.911. The Labute approximate surface area is 135 Å². The van der Waals surface area contributed by atoms with Crippen LogP contribution in [0.4, 0.5) is 0 Å². The van der Waals surface area contributed by atoms with Crippen LogP contribution in [0, 0.1) is 0 Å². The van der Waals surface area contributed by atoms with Gasteiger partial charge in [-0.1, -0.05) is 6.42 Å². The van der Waals surface area contributed by atoms with E-state index < -0.39 is 5.54 Å². The van der Waals surface area contributed by atoms with Crippen LogP contribution in [-0.2, 0) is 16.8 Å². The Bertz CT molecular complexity index is 724. The number of carbonyl (C=O) groups excluding carboxylic acids is 1. The second-order valence-electron chi connectivity index (χ2n) is 6.47. The lowest BCUT2D eigenvalue weighted by Gasteiger charge is -2.47. The molecule has 4 rings (SSSR count). The summed E-state index contributed by atoms with van der Waals surface area (Å²) in [6.45, 7) is 0.634. The third-order valence-electron chi connectivity index (χ3n) is 5.57. The summed E-state index contributed by atoms with van der Waals surface area (Å²) < 4.78 is 10.9. The van der Waals surface area contributed by atoms with Crippen molar-refractivity contribution in [3.05, 3.63) is 34.6 Å². The van der Waals surface area contributed by atoms with Gasteiger partial charge in [0.25, 0.3) is 5.91 Å². The van der Waals surface area contributed by atoms with Crippen LogP contribution < -0.4 is 9.47 Å². The highest BCUT2D eigenvalue weighted by Gasteiger charge is 2.55. The second kappa shape index (κ2) is 4.91. The molecule has 1 spiro atoms. The average molecular weight is 315 g/mol. The smallest absolute Gasteiger partial charge is 0.289 e. The van der Waals surface area contributed by atoms with Crippen LogP contribution >= 0.6 is 0 Å². The van der Waals surface area contributed by atoms with Crippen molar-refractivity contribution in [1.29, 1.82) is 0 Å². The van der Waals surface area contributed by atoms with Crippen LogP contribution in [0.3, 0.4) is 0 Å². The zero-order valence-corrected chi connectivity index (χ0v) is 13.5. The van der Waals surface area contributed by atoms with Crippen LogP contribution in [0.15, 0.2) is 23.5 Å². The zero-order valence-electron chi connectivity index (χ0n) is 13.5. The van der Waals surface area contributed by atoms with E-state index >= 15 is 0 Å². The first-order valence-corrected chi connectivity index (χ1v) is 8.13. The number of amides is 1. The lowest BCUT2D eigenvalue weighted by molar-refractivity contribution is -0.133. The molecule has 3 aliphatic rings. The minimum Gasteiger partial charge on any atom is -0.503 e. The van der Waals surface area contributed by atoms with E-state index in [1.54, 1.807) is 14.2 Å². The Morgan fingerprint density at radius 3 is 2.61 bits per heavy atom. The summed E-state index contributed by atoms with van der Waals surface area (Å²) >= 11 is 0. The minimum absolute atomic E-state index is 0.0349. The van der Waals surface area contributed by atoms with Crippen LogP contribution in [0.5, 0.6) is 11.5 Å². The maximum Gasteiger partial charge on any atom is 0.289 e. The molecule has 1 N–H and O–H groups in total. The molecule has 23 heavy (non-hydrogen) atoms. The molecule has 1 aromatic rings. The van der Waals surface area contributed by atoms with Gasteiger partial charge in [0.05, 0.1) is 19.8 Å². The minimum atomic E-state index is -0.480. The summed E-state index contributed by atoms with van der Waals surface area (Å²) in [6, 6.07) is 4.02. The molecule has 2 heterocycles. The summed E-state index contributed by atoms with van der Waals surface area (Å²) in [4.78, 5) is 14.4. The van der Waals surface area contributed by atoms with E-state index in [1.807, 2.05) is 17.0 Å². The van der Waals surface area contributed by atoms with E-state index in [1.165, 1.54) is 5.56 Å². The maximum absolute atomic E-state index is 12.6. The Morgan fingerprint density at radius 1 is 1.13 bits per heavy atom. The Balaban J connectivity index is 1.97. The van der Waals surface area contributed by atoms with Crippen LogP contribution in [0.1, 0.15) is 36.8 Å². The summed E-state index contributed by atoms with van der Waals surface area (Å²) in [5.74, 6) is 1.13. The standard InChI is InChI=1S/C18H21NO4/c1-22-14-9-11-6-8-19-17(21)16(20)12-5-3-4-7-18(12,19)13(11)10-15(14)23-2/h9-10,20H,3-8H2,1-2H3/t18-/m0/s1. The van der Waals surface area contributed by atoms with Crippen molar-refractivity contribution < 1.29 is 19.4 Å². The molecule has 5 nitrogen and oxygen atoms in total. The van der Waals surface area contributed by atoms with E-state index in [4.69, 9.17) is 9.47 Å². The first-order valence-electron chi connectivity index (χ1n) is 8.13. The zero-order chi connectivity index (χ0) is 16.2. The molecule has 122 valence electrons. The number of rotatable bonds is 2. The molecule has 1 fully saturated rings. The number of nitrogens with zero attached hydrogens (tertiary/aromatic N) is 1. The highest BCUT2D eigenvalue weighted by atomic mass is 16.5. The monoisotopic (exact) mass is 315 g/mol. The van der Waals surface area contributed by atoms with Crippen molar-refractivity contribution in [2.24, 2.45) is 0 Å². The number of methoxy groups -OCH3 is 2. The fourth-order valence-corrected chi connectivity index (χ4v) is 4.56. The third-order valence-corrected chi connectivity index (χ3v) is 5.57. The van der Waals surface area contributed by atoms with Gasteiger partial charge in [0, 0.05) is 12.1 Å². The number of hydrogen-bond donors (Lipinski definition) is 1. The molecule has 2 aliphatic heterocycles. The van der Waals surface area contributed by atoms with Gasteiger partial charge >= 0.3 is 0 Å². The number of hydrogen-bond acceptors (Lipinski definition) is 4. The van der Waals surface area contributed by atoms with Crippen molar-refractivity contribution in [3.63, 3.8) is 0 Å². The van der Waals surface area contributed by atoms with Gasteiger partial charge < -0.3 is 19.5 Å². The normalized spacial score (nSPS) is 25.8. The topological polar surface area (TPSA) is 59.0 Å². The van der Waals surface area contributed by atoms with Gasteiger partial charge in [-0.25, -0.2) is 0 Å². The number of aliphatic hydroxyl groups is 1. The summed E-state index contributed by atoms with van der Waals surface area (Å²) in [6.07, 6.45) is 4.48. The van der Waals surface area contributed by atoms with Gasteiger partial charge in [0.1, 0.15) is 0 Å². The summed E-state index contributed by atoms with van der Waals surface area (Å²) in [5, 5.41) is 10.4. The SMILES string of the molecule is COc1cc2c(cc1OC)[C@]13CCCCC1=C(O)C(=O)N3CC2. The van der Waals surface area contributed by atoms with Gasteiger partial charge in [-0.05, 0) is 48.9 Å². The Hall–Kier alpha value is -2.17. The second-order valence-corrected chi connectivity index (χ2v) is 6.47. The van der Waals surface area contributed by atoms with Crippen molar-refractivity contribution in [3.8, 4) is 11.5 Å². The highest BCUT2D eigenvalue weighted by Crippen LogP contribution is 2.55. The number of aliphatic hydroxyl groups excluding tert-OH is 1. The van der Waals surface area contributed by atoms with Gasteiger partial charge in [-0.2, -0.15) is 0 Å². The first kappa shape index (κ1) is 14.4. The molecule has 1 atom stereocenters. The lowest BCUT2D eigenvalue weighted by atomic mass is 9.69. The molecular weight excluding hydrogens is 294 g/mol. The molecular formula is C18H21NO4. The van der Waals surface area contributed by atoms with Gasteiger partial charge in [-0.3, -0.25) is 4.79 Å². The maximum atomic E-state index is 12.6. The summed E-state index contributed by atoms with van der Waals surface area (Å²) in [7, 11) is 3.26. The molecule has 1 saturated carbocycles. The predicted molar refractivity (Wildman–Crippen MR) is 84.8 cm³/mol. The molecule has 0 radical (unpaired) electrons. The summed E-state index contributed by atoms with van der Waals surface area (Å²) in [5.41, 5.74) is 2.68. The Morgan fingerprint density at radius 2 is 1.87 bits per heavy atom. The van der Waals surface area contributed by atoms with E-state index in [2.05, 4.69) is 0 Å². The average Bonchev–Trinajstić information content (AvgIpc) is 2.82. The molecule has 0 aromatic heterocycles. The fourth-order valence-electron chi connectivity index (χ4n) is 4.56. The van der Waals surface area contributed by atoms with Crippen molar-refractivity contribution in [2.75, 3.05) is 20.8 Å². The van der Waals surface area contributed by atoms with Crippen molar-refractivity contribution >= 4 is 5.91 Å². The van der Waals surface area contributed by atoms with E-state index in [0.717, 1.165) is 43.2 Å². The van der Waals surface area contributed by atoms with Crippen molar-refractivity contribution in [2.45, 2.75) is 37.6 Å². The predicted octanol–water partition coefficient (Wildman–Crippen LogP) is 2.68. The first-order chi connectivity index (χ1) is 11.1. The molecule has 0 saturated heterocycles. The number of carbonyl (C=O) groups is 1. The molecule has 1 aromatic carbocycles. The molecule has 0 bridgehead atoms. The van der Waals surface area contributed by atoms with Crippen LogP contribution in [0.2, 0.25) is 0 Å². The lowest BCUT2D eigenvalue weighted by Crippen LogP contribution is -2.51. The van der Waals surface area contributed by atoms with Gasteiger partial charge in [0.2, 0.25) is 0 Å². The highest BCUT2D eigenvalue weighted by molar-refractivity contribution is 5.97. The van der Waals surface area contributed by atoms with E-state index in [-0.39, 0.29) is 11.7 Å². The van der Waals surface area contributed by atoms with Gasteiger partial charge in [0.15, 0.2) is 17.3 Å². The van der Waals surface area contributed by atoms with Crippen molar-refractivity contribution in [1.82, 2.24) is 4.90 Å². The van der Waals surface area contributed by atoms with E-state index in [9.17, 15) is 9.90 Å². The number of ether oxygens (including phenoxy) is 2. The van der Waals surface area contributed by atoms with Crippen LogP contribution in [0.25, 0.3) is 0 Å². The largest absolute Gasteiger partial charge is 0.503 e. The molecule has 1 aliphatic carbocycles. The molecule has 0 unspecified atom stereocenters. The molecule has 5 heteroatoms. The fraction of sp³-hybridized carbons (Fsp3) is 0.500. The number of fused-ring (bicyclic) bond motifs is 1. The van der Waals surface area contributed by atoms with E-state index in [0.29, 0.717) is 18.0 Å². The molecule has 1 amide bonds. The van der Waals surface area contributed by atoms with Gasteiger partial charge in [-0.15, -0.1) is 0 Å². The third kappa shape index (κ3) is 1.70. The Kier molecular flexibility index (Phi) is 3.08.